The Morgan fingerprint density at radius 3 is 3.19 bits per heavy atom. The zero-order chi connectivity index (χ0) is 15.2. The monoisotopic (exact) mass is 293 g/mol. The number of carbonyl (C=O) groups is 1. The van der Waals surface area contributed by atoms with Crippen LogP contribution in [0.2, 0.25) is 0 Å². The molecule has 2 rings (SSSR count). The molecule has 0 bridgehead atoms. The second-order valence-electron chi connectivity index (χ2n) is 5.17. The highest BCUT2D eigenvalue weighted by Crippen LogP contribution is 2.26. The van der Waals surface area contributed by atoms with Gasteiger partial charge in [0, 0.05) is 24.8 Å². The van der Waals surface area contributed by atoms with Crippen LogP contribution in [0.25, 0.3) is 0 Å². The summed E-state index contributed by atoms with van der Waals surface area (Å²) in [6.45, 7) is 5.83. The molecule has 2 heterocycles. The summed E-state index contributed by atoms with van der Waals surface area (Å²) in [7, 11) is 0. The van der Waals surface area contributed by atoms with Crippen molar-refractivity contribution >= 4 is 11.7 Å². The number of pyridine rings is 1. The number of hydrogen-bond donors (Lipinski definition) is 2. The number of nitrogens with zero attached hydrogens (tertiary/aromatic N) is 2. The van der Waals surface area contributed by atoms with Crippen molar-refractivity contribution in [3.63, 3.8) is 0 Å². The Kier molecular flexibility index (Phi) is 5.52. The van der Waals surface area contributed by atoms with Crippen molar-refractivity contribution < 1.29 is 14.6 Å². The van der Waals surface area contributed by atoms with E-state index in [2.05, 4.69) is 10.3 Å². The lowest BCUT2D eigenvalue weighted by Crippen LogP contribution is -2.54. The molecule has 1 fully saturated rings. The maximum absolute atomic E-state index is 12.3. The minimum absolute atomic E-state index is 0.0567. The van der Waals surface area contributed by atoms with E-state index in [1.165, 1.54) is 0 Å². The van der Waals surface area contributed by atoms with Crippen LogP contribution in [-0.4, -0.2) is 48.3 Å². The molecular formula is C15H23N3O3. The molecule has 0 aliphatic carbocycles. The molecule has 6 nitrogen and oxygen atoms in total. The largest absolute Gasteiger partial charge is 0.389 e. The molecular weight excluding hydrogens is 270 g/mol. The van der Waals surface area contributed by atoms with E-state index in [1.54, 1.807) is 19.2 Å². The molecule has 21 heavy (non-hydrogen) atoms. The minimum atomic E-state index is -0.629. The molecule has 2 unspecified atom stereocenters. The number of nitrogens with one attached hydrogen (secondary N) is 1. The molecule has 6 heteroatoms. The highest BCUT2D eigenvalue weighted by atomic mass is 16.5. The average molecular weight is 293 g/mol. The molecule has 1 aliphatic rings. The highest BCUT2D eigenvalue weighted by molar-refractivity contribution is 5.85. The normalized spacial score (nSPS) is 20.1. The van der Waals surface area contributed by atoms with Gasteiger partial charge in [-0.25, -0.2) is 4.98 Å². The first-order valence-corrected chi connectivity index (χ1v) is 7.40. The number of rotatable bonds is 5. The third-order valence-electron chi connectivity index (χ3n) is 3.52. The number of morpholine rings is 1. The van der Waals surface area contributed by atoms with E-state index < -0.39 is 12.1 Å². The summed E-state index contributed by atoms with van der Waals surface area (Å²) in [4.78, 5) is 18.6. The fourth-order valence-electron chi connectivity index (χ4n) is 2.42. The standard InChI is InChI=1S/C15H23N3O3/c1-3-6-17-15(20)13-10-21-9-8-18(13)14-12(11(2)19)5-4-7-16-14/h4-5,7,11,13,19H,3,6,8-10H2,1-2H3,(H,17,20). The number of ether oxygens (including phenoxy) is 1. The van der Waals surface area contributed by atoms with Gasteiger partial charge in [-0.15, -0.1) is 0 Å². The van der Waals surface area contributed by atoms with E-state index >= 15 is 0 Å². The van der Waals surface area contributed by atoms with Gasteiger partial charge in [0.15, 0.2) is 0 Å². The lowest BCUT2D eigenvalue weighted by molar-refractivity contribution is -0.124. The van der Waals surface area contributed by atoms with Crippen LogP contribution in [0.15, 0.2) is 18.3 Å². The van der Waals surface area contributed by atoms with E-state index in [1.807, 2.05) is 17.9 Å². The van der Waals surface area contributed by atoms with Crippen LogP contribution >= 0.6 is 0 Å². The van der Waals surface area contributed by atoms with Crippen molar-refractivity contribution in [1.82, 2.24) is 10.3 Å². The lowest BCUT2D eigenvalue weighted by atomic mass is 10.1. The number of aromatic nitrogens is 1. The molecule has 0 radical (unpaired) electrons. The Hall–Kier alpha value is -1.66. The van der Waals surface area contributed by atoms with Gasteiger partial charge in [-0.05, 0) is 19.4 Å². The van der Waals surface area contributed by atoms with Gasteiger partial charge in [0.05, 0.1) is 19.3 Å². The summed E-state index contributed by atoms with van der Waals surface area (Å²) in [5, 5.41) is 12.8. The predicted octanol–water partition coefficient (Wildman–Crippen LogP) is 0.866. The van der Waals surface area contributed by atoms with E-state index in [4.69, 9.17) is 4.74 Å². The van der Waals surface area contributed by atoms with Gasteiger partial charge in [0.25, 0.3) is 0 Å². The molecule has 1 amide bonds. The van der Waals surface area contributed by atoms with Crippen LogP contribution in [-0.2, 0) is 9.53 Å². The topological polar surface area (TPSA) is 74.7 Å². The first-order valence-electron chi connectivity index (χ1n) is 7.40. The van der Waals surface area contributed by atoms with Gasteiger partial charge in [0.2, 0.25) is 5.91 Å². The Morgan fingerprint density at radius 1 is 1.67 bits per heavy atom. The van der Waals surface area contributed by atoms with Crippen LogP contribution in [0.5, 0.6) is 0 Å². The molecule has 1 saturated heterocycles. The maximum atomic E-state index is 12.3. The number of amides is 1. The van der Waals surface area contributed by atoms with Gasteiger partial charge in [-0.2, -0.15) is 0 Å². The van der Waals surface area contributed by atoms with Crippen molar-refractivity contribution in [3.05, 3.63) is 23.9 Å². The zero-order valence-corrected chi connectivity index (χ0v) is 12.6. The van der Waals surface area contributed by atoms with Crippen LogP contribution < -0.4 is 10.2 Å². The minimum Gasteiger partial charge on any atom is -0.389 e. The molecule has 1 aromatic rings. The van der Waals surface area contributed by atoms with Crippen LogP contribution in [0, 0.1) is 0 Å². The smallest absolute Gasteiger partial charge is 0.245 e. The SMILES string of the molecule is CCCNC(=O)C1COCCN1c1ncccc1C(C)O. The summed E-state index contributed by atoms with van der Waals surface area (Å²) in [6.07, 6.45) is 1.94. The summed E-state index contributed by atoms with van der Waals surface area (Å²) in [5.41, 5.74) is 0.729. The summed E-state index contributed by atoms with van der Waals surface area (Å²) >= 11 is 0. The van der Waals surface area contributed by atoms with E-state index in [0.29, 0.717) is 32.1 Å². The first-order chi connectivity index (χ1) is 10.1. The van der Waals surface area contributed by atoms with Crippen LogP contribution in [0.4, 0.5) is 5.82 Å². The fraction of sp³-hybridized carbons (Fsp3) is 0.600. The van der Waals surface area contributed by atoms with Gasteiger partial charge >= 0.3 is 0 Å². The molecule has 1 aliphatic heterocycles. The number of aliphatic hydroxyl groups is 1. The summed E-state index contributed by atoms with van der Waals surface area (Å²) in [6, 6.07) is 3.22. The summed E-state index contributed by atoms with van der Waals surface area (Å²) in [5.74, 6) is 0.603. The first kappa shape index (κ1) is 15.7. The van der Waals surface area contributed by atoms with E-state index in [0.717, 1.165) is 12.0 Å². The van der Waals surface area contributed by atoms with Gasteiger partial charge in [-0.1, -0.05) is 13.0 Å². The van der Waals surface area contributed by atoms with Crippen molar-refractivity contribution in [3.8, 4) is 0 Å². The van der Waals surface area contributed by atoms with Gasteiger partial charge in [0.1, 0.15) is 11.9 Å². The third-order valence-corrected chi connectivity index (χ3v) is 3.52. The molecule has 2 N–H and O–H groups in total. The number of carbonyl (C=O) groups excluding carboxylic acids is 1. The predicted molar refractivity (Wildman–Crippen MR) is 80.1 cm³/mol. The molecule has 0 aromatic carbocycles. The molecule has 116 valence electrons. The number of hydrogen-bond acceptors (Lipinski definition) is 5. The average Bonchev–Trinajstić information content (AvgIpc) is 2.52. The third kappa shape index (κ3) is 3.71. The molecule has 1 aromatic heterocycles. The second kappa shape index (κ2) is 7.38. The van der Waals surface area contributed by atoms with Crippen molar-refractivity contribution in [2.75, 3.05) is 31.2 Å². The quantitative estimate of drug-likeness (QED) is 0.842. The second-order valence-corrected chi connectivity index (χ2v) is 5.17. The Bertz CT molecular complexity index is 479. The zero-order valence-electron chi connectivity index (χ0n) is 12.6. The van der Waals surface area contributed by atoms with Gasteiger partial charge < -0.3 is 20.1 Å². The van der Waals surface area contributed by atoms with Crippen molar-refractivity contribution in [2.24, 2.45) is 0 Å². The number of anilines is 1. The highest BCUT2D eigenvalue weighted by Gasteiger charge is 2.31. The molecule has 0 spiro atoms. The van der Waals surface area contributed by atoms with Crippen molar-refractivity contribution in [2.45, 2.75) is 32.4 Å². The Morgan fingerprint density at radius 2 is 2.48 bits per heavy atom. The lowest BCUT2D eigenvalue weighted by Gasteiger charge is -2.36. The van der Waals surface area contributed by atoms with Crippen LogP contribution in [0.1, 0.15) is 31.9 Å². The Balaban J connectivity index is 2.24. The van der Waals surface area contributed by atoms with E-state index in [-0.39, 0.29) is 5.91 Å². The van der Waals surface area contributed by atoms with Crippen molar-refractivity contribution in [1.29, 1.82) is 0 Å². The molecule has 2 atom stereocenters. The van der Waals surface area contributed by atoms with Gasteiger partial charge in [-0.3, -0.25) is 4.79 Å². The fourth-order valence-corrected chi connectivity index (χ4v) is 2.42. The number of aliphatic hydroxyl groups excluding tert-OH is 1. The van der Waals surface area contributed by atoms with Crippen LogP contribution in [0.3, 0.4) is 0 Å². The maximum Gasteiger partial charge on any atom is 0.245 e. The Labute approximate surface area is 125 Å². The van der Waals surface area contributed by atoms with E-state index in [9.17, 15) is 9.90 Å². The molecule has 0 saturated carbocycles. The summed E-state index contributed by atoms with van der Waals surface area (Å²) < 4.78 is 5.44.